The smallest absolute Gasteiger partial charge is 0.0793 e. The zero-order chi connectivity index (χ0) is 15.4. The summed E-state index contributed by atoms with van der Waals surface area (Å²) in [6.07, 6.45) is 6.14. The van der Waals surface area contributed by atoms with Crippen molar-refractivity contribution in [2.24, 2.45) is 7.05 Å². The molecular formula is C15H24BrN5. The monoisotopic (exact) mass is 353 g/mol. The lowest BCUT2D eigenvalue weighted by molar-refractivity contribution is 0.509. The van der Waals surface area contributed by atoms with E-state index in [9.17, 15) is 0 Å². The molecule has 0 spiro atoms. The molecule has 5 nitrogen and oxygen atoms in total. The van der Waals surface area contributed by atoms with Gasteiger partial charge in [-0.2, -0.15) is 10.2 Å². The van der Waals surface area contributed by atoms with Crippen molar-refractivity contribution in [1.82, 2.24) is 24.9 Å². The van der Waals surface area contributed by atoms with Crippen molar-refractivity contribution in [3.05, 3.63) is 33.8 Å². The lowest BCUT2D eigenvalue weighted by Crippen LogP contribution is -2.26. The molecule has 2 aromatic heterocycles. The Bertz CT molecular complexity index is 587. The molecule has 0 saturated heterocycles. The van der Waals surface area contributed by atoms with E-state index < -0.39 is 0 Å². The van der Waals surface area contributed by atoms with Crippen LogP contribution in [0.4, 0.5) is 0 Å². The highest BCUT2D eigenvalue weighted by atomic mass is 79.9. The first-order chi connectivity index (χ1) is 10.1. The van der Waals surface area contributed by atoms with Crippen LogP contribution in [0.5, 0.6) is 0 Å². The van der Waals surface area contributed by atoms with Gasteiger partial charge in [0.2, 0.25) is 0 Å². The van der Waals surface area contributed by atoms with Crippen molar-refractivity contribution in [1.29, 1.82) is 0 Å². The van der Waals surface area contributed by atoms with Crippen LogP contribution in [0.1, 0.15) is 49.7 Å². The summed E-state index contributed by atoms with van der Waals surface area (Å²) in [6, 6.07) is 0.113. The van der Waals surface area contributed by atoms with Crippen molar-refractivity contribution >= 4 is 15.9 Å². The SMILES string of the molecule is CCCNC(c1cn(C)nc1C)c1c(Br)cnn1CCC. The number of nitrogens with one attached hydrogen (secondary N) is 1. The summed E-state index contributed by atoms with van der Waals surface area (Å²) in [5.41, 5.74) is 3.45. The number of halogens is 1. The Labute approximate surface area is 134 Å². The summed E-state index contributed by atoms with van der Waals surface area (Å²) < 4.78 is 5.01. The van der Waals surface area contributed by atoms with Gasteiger partial charge in [-0.1, -0.05) is 13.8 Å². The molecule has 0 bridgehead atoms. The fourth-order valence-electron chi connectivity index (χ4n) is 2.59. The van der Waals surface area contributed by atoms with Crippen LogP contribution >= 0.6 is 15.9 Å². The van der Waals surface area contributed by atoms with E-state index in [-0.39, 0.29) is 6.04 Å². The summed E-state index contributed by atoms with van der Waals surface area (Å²) in [6.45, 7) is 8.29. The van der Waals surface area contributed by atoms with Gasteiger partial charge in [0.25, 0.3) is 0 Å². The average molecular weight is 354 g/mol. The Morgan fingerprint density at radius 3 is 2.67 bits per heavy atom. The number of nitrogens with zero attached hydrogens (tertiary/aromatic N) is 4. The highest BCUT2D eigenvalue weighted by Crippen LogP contribution is 2.30. The van der Waals surface area contributed by atoms with Gasteiger partial charge in [-0.25, -0.2) is 0 Å². The van der Waals surface area contributed by atoms with Crippen LogP contribution in [0.2, 0.25) is 0 Å². The minimum absolute atomic E-state index is 0.113. The Morgan fingerprint density at radius 2 is 2.10 bits per heavy atom. The average Bonchev–Trinajstić information content (AvgIpc) is 2.96. The molecular weight excluding hydrogens is 330 g/mol. The van der Waals surface area contributed by atoms with Crippen molar-refractivity contribution in [3.63, 3.8) is 0 Å². The van der Waals surface area contributed by atoms with Crippen LogP contribution < -0.4 is 5.32 Å². The first kappa shape index (κ1) is 16.2. The maximum atomic E-state index is 4.50. The Morgan fingerprint density at radius 1 is 1.33 bits per heavy atom. The van der Waals surface area contributed by atoms with Crippen LogP contribution in [0.25, 0.3) is 0 Å². The molecule has 1 N–H and O–H groups in total. The molecule has 0 aliphatic carbocycles. The highest BCUT2D eigenvalue weighted by Gasteiger charge is 2.24. The van der Waals surface area contributed by atoms with Gasteiger partial charge in [0.15, 0.2) is 0 Å². The molecule has 0 radical (unpaired) electrons. The van der Waals surface area contributed by atoms with Crippen LogP contribution in [0, 0.1) is 6.92 Å². The summed E-state index contributed by atoms with van der Waals surface area (Å²) in [5.74, 6) is 0. The van der Waals surface area contributed by atoms with Gasteiger partial charge in [-0.15, -0.1) is 0 Å². The fourth-order valence-corrected chi connectivity index (χ4v) is 3.12. The van der Waals surface area contributed by atoms with E-state index in [1.54, 1.807) is 0 Å². The minimum Gasteiger partial charge on any atom is -0.305 e. The van der Waals surface area contributed by atoms with Gasteiger partial charge >= 0.3 is 0 Å². The van der Waals surface area contributed by atoms with Gasteiger partial charge in [-0.3, -0.25) is 9.36 Å². The summed E-state index contributed by atoms with van der Waals surface area (Å²) in [4.78, 5) is 0. The fraction of sp³-hybridized carbons (Fsp3) is 0.600. The lowest BCUT2D eigenvalue weighted by atomic mass is 10.0. The molecule has 2 aromatic rings. The highest BCUT2D eigenvalue weighted by molar-refractivity contribution is 9.10. The number of rotatable bonds is 7. The number of aryl methyl sites for hydroxylation is 3. The molecule has 0 aliphatic rings. The van der Waals surface area contributed by atoms with E-state index in [1.165, 1.54) is 11.3 Å². The van der Waals surface area contributed by atoms with Crippen molar-refractivity contribution < 1.29 is 0 Å². The third-order valence-electron chi connectivity index (χ3n) is 3.50. The van der Waals surface area contributed by atoms with E-state index in [1.807, 2.05) is 17.9 Å². The number of aromatic nitrogens is 4. The van der Waals surface area contributed by atoms with E-state index >= 15 is 0 Å². The zero-order valence-corrected chi connectivity index (χ0v) is 14.8. The molecule has 0 aromatic carbocycles. The maximum Gasteiger partial charge on any atom is 0.0793 e. The van der Waals surface area contributed by atoms with E-state index in [4.69, 9.17) is 0 Å². The quantitative estimate of drug-likeness (QED) is 0.831. The first-order valence-corrected chi connectivity index (χ1v) is 8.32. The number of hydrogen-bond donors (Lipinski definition) is 1. The second-order valence-corrected chi connectivity index (χ2v) is 6.19. The van der Waals surface area contributed by atoms with Gasteiger partial charge in [0.05, 0.1) is 28.1 Å². The van der Waals surface area contributed by atoms with Gasteiger partial charge in [-0.05, 0) is 42.2 Å². The van der Waals surface area contributed by atoms with Gasteiger partial charge in [0, 0.05) is 25.4 Å². The number of hydrogen-bond acceptors (Lipinski definition) is 3. The third kappa shape index (κ3) is 3.55. The summed E-state index contributed by atoms with van der Waals surface area (Å²) in [7, 11) is 1.96. The summed E-state index contributed by atoms with van der Waals surface area (Å²) in [5, 5.41) is 12.6. The maximum absolute atomic E-state index is 4.50. The molecule has 0 aliphatic heterocycles. The minimum atomic E-state index is 0.113. The molecule has 21 heavy (non-hydrogen) atoms. The predicted octanol–water partition coefficient (Wildman–Crippen LogP) is 3.19. The predicted molar refractivity (Wildman–Crippen MR) is 88.3 cm³/mol. The zero-order valence-electron chi connectivity index (χ0n) is 13.2. The normalized spacial score (nSPS) is 12.8. The molecule has 6 heteroatoms. The largest absolute Gasteiger partial charge is 0.305 e. The molecule has 2 heterocycles. The van der Waals surface area contributed by atoms with Crippen LogP contribution in [-0.4, -0.2) is 26.1 Å². The second kappa shape index (κ2) is 7.22. The second-order valence-electron chi connectivity index (χ2n) is 5.33. The Hall–Kier alpha value is -1.14. The Balaban J connectivity index is 2.45. The third-order valence-corrected chi connectivity index (χ3v) is 4.11. The molecule has 116 valence electrons. The van der Waals surface area contributed by atoms with Crippen LogP contribution in [0.3, 0.4) is 0 Å². The van der Waals surface area contributed by atoms with E-state index in [0.29, 0.717) is 0 Å². The lowest BCUT2D eigenvalue weighted by Gasteiger charge is -2.20. The van der Waals surface area contributed by atoms with Crippen LogP contribution in [-0.2, 0) is 13.6 Å². The standard InChI is InChI=1S/C15H24BrN5/c1-5-7-17-14(12-10-20(4)19-11(12)3)15-13(16)9-18-21(15)8-6-2/h9-10,14,17H,5-8H2,1-4H3. The van der Waals surface area contributed by atoms with Gasteiger partial charge < -0.3 is 5.32 Å². The Kier molecular flexibility index (Phi) is 5.58. The topological polar surface area (TPSA) is 47.7 Å². The molecule has 0 amide bonds. The van der Waals surface area contributed by atoms with Crippen molar-refractivity contribution in [2.45, 2.75) is 46.2 Å². The van der Waals surface area contributed by atoms with Crippen molar-refractivity contribution in [2.75, 3.05) is 6.54 Å². The first-order valence-electron chi connectivity index (χ1n) is 7.53. The van der Waals surface area contributed by atoms with Gasteiger partial charge in [0.1, 0.15) is 0 Å². The molecule has 0 saturated carbocycles. The summed E-state index contributed by atoms with van der Waals surface area (Å²) >= 11 is 3.66. The van der Waals surface area contributed by atoms with Crippen LogP contribution in [0.15, 0.2) is 16.9 Å². The molecule has 0 fully saturated rings. The van der Waals surface area contributed by atoms with Crippen molar-refractivity contribution in [3.8, 4) is 0 Å². The molecule has 2 rings (SSSR count). The van der Waals surface area contributed by atoms with E-state index in [2.05, 4.69) is 63.1 Å². The van der Waals surface area contributed by atoms with E-state index in [0.717, 1.165) is 36.1 Å². The molecule has 1 atom stereocenters. The molecule has 1 unspecified atom stereocenters.